The number of hydrogen-bond donors (Lipinski definition) is 2. The Hall–Kier alpha value is -3.16. The molecular weight excluding hydrogens is 437 g/mol. The third-order valence-corrected chi connectivity index (χ3v) is 5.82. The van der Waals surface area contributed by atoms with Crippen LogP contribution in [-0.2, 0) is 19.1 Å². The number of nitrogens with one attached hydrogen (secondary N) is 2. The second kappa shape index (κ2) is 8.07. The largest absolute Gasteiger partial charge is 0.416 e. The molecular formula is C24H18ClF3N4. The van der Waals surface area contributed by atoms with Crippen LogP contribution in [0, 0.1) is 0 Å². The smallest absolute Gasteiger partial charge is 0.346 e. The molecule has 162 valence electrons. The molecule has 4 nitrogen and oxygen atoms in total. The molecule has 2 N–H and O–H groups in total. The third kappa shape index (κ3) is 4.01. The minimum absolute atomic E-state index is 0.0101. The Bertz CT molecular complexity index is 1340. The zero-order chi connectivity index (χ0) is 22.3. The summed E-state index contributed by atoms with van der Waals surface area (Å²) in [6, 6.07) is 7.66. The topological polar surface area (TPSA) is 53.6 Å². The standard InChI is InChI=1S/C24H18ClF3N4/c25-19-3-4-21(24(26,27)28)14(8-19)1-2-16-10-31-23-20(16)9-18(12-32-23)17-7-15-5-6-29-13-22(15)30-11-17/h1-4,7-12,29H,5-6,13H2,(H,31,32)/b2-1+. The highest BCUT2D eigenvalue weighted by Gasteiger charge is 2.32. The monoisotopic (exact) mass is 454 g/mol. The number of benzene rings is 1. The molecule has 0 saturated carbocycles. The molecule has 0 saturated heterocycles. The van der Waals surface area contributed by atoms with Crippen molar-refractivity contribution in [1.29, 1.82) is 0 Å². The predicted molar refractivity (Wildman–Crippen MR) is 120 cm³/mol. The highest BCUT2D eigenvalue weighted by molar-refractivity contribution is 6.30. The van der Waals surface area contributed by atoms with Gasteiger partial charge in [0.2, 0.25) is 0 Å². The summed E-state index contributed by atoms with van der Waals surface area (Å²) < 4.78 is 40.1. The van der Waals surface area contributed by atoms with Gasteiger partial charge in [-0.3, -0.25) is 4.98 Å². The van der Waals surface area contributed by atoms with Crippen molar-refractivity contribution in [1.82, 2.24) is 20.3 Å². The minimum Gasteiger partial charge on any atom is -0.346 e. The van der Waals surface area contributed by atoms with Crippen LogP contribution in [0.5, 0.6) is 0 Å². The van der Waals surface area contributed by atoms with E-state index in [-0.39, 0.29) is 10.6 Å². The summed E-state index contributed by atoms with van der Waals surface area (Å²) in [5, 5.41) is 4.37. The van der Waals surface area contributed by atoms with Crippen molar-refractivity contribution in [2.45, 2.75) is 19.1 Å². The number of rotatable bonds is 3. The maximum Gasteiger partial charge on any atom is 0.416 e. The molecule has 0 atom stereocenters. The molecule has 0 spiro atoms. The molecule has 0 unspecified atom stereocenters. The lowest BCUT2D eigenvalue weighted by Crippen LogP contribution is -2.24. The van der Waals surface area contributed by atoms with Gasteiger partial charge in [0.1, 0.15) is 5.65 Å². The number of nitrogens with zero attached hydrogens (tertiary/aromatic N) is 2. The van der Waals surface area contributed by atoms with E-state index in [0.717, 1.165) is 53.3 Å². The van der Waals surface area contributed by atoms with Crippen LogP contribution in [0.1, 0.15) is 27.9 Å². The van der Waals surface area contributed by atoms with Gasteiger partial charge in [0.05, 0.1) is 11.3 Å². The van der Waals surface area contributed by atoms with E-state index in [0.29, 0.717) is 5.65 Å². The van der Waals surface area contributed by atoms with Gasteiger partial charge in [-0.2, -0.15) is 13.2 Å². The predicted octanol–water partition coefficient (Wildman–Crippen LogP) is 6.11. The van der Waals surface area contributed by atoms with Gasteiger partial charge in [0, 0.05) is 52.2 Å². The minimum atomic E-state index is -4.46. The van der Waals surface area contributed by atoms with E-state index in [9.17, 15) is 13.2 Å². The van der Waals surface area contributed by atoms with Crippen LogP contribution >= 0.6 is 11.6 Å². The van der Waals surface area contributed by atoms with Crippen molar-refractivity contribution in [2.24, 2.45) is 0 Å². The number of aromatic amines is 1. The summed E-state index contributed by atoms with van der Waals surface area (Å²) in [7, 11) is 0. The molecule has 0 radical (unpaired) electrons. The second-order valence-electron chi connectivity index (χ2n) is 7.68. The lowest BCUT2D eigenvalue weighted by Gasteiger charge is -2.16. The molecule has 4 aromatic rings. The third-order valence-electron chi connectivity index (χ3n) is 5.58. The van der Waals surface area contributed by atoms with Gasteiger partial charge in [0.15, 0.2) is 0 Å². The van der Waals surface area contributed by atoms with E-state index < -0.39 is 11.7 Å². The van der Waals surface area contributed by atoms with Gasteiger partial charge < -0.3 is 10.3 Å². The van der Waals surface area contributed by atoms with E-state index in [1.807, 2.05) is 12.3 Å². The van der Waals surface area contributed by atoms with Crippen molar-refractivity contribution in [3.05, 3.63) is 81.9 Å². The molecule has 0 fully saturated rings. The zero-order valence-corrected chi connectivity index (χ0v) is 17.6. The summed E-state index contributed by atoms with van der Waals surface area (Å²) in [6.45, 7) is 1.69. The van der Waals surface area contributed by atoms with Gasteiger partial charge in [-0.05, 0) is 54.4 Å². The first kappa shape index (κ1) is 20.7. The number of aromatic nitrogens is 3. The number of pyridine rings is 2. The number of hydrogen-bond acceptors (Lipinski definition) is 3. The molecule has 1 aromatic carbocycles. The average Bonchev–Trinajstić information content (AvgIpc) is 3.19. The number of H-pyrrole nitrogens is 1. The van der Waals surface area contributed by atoms with Crippen molar-refractivity contribution in [3.8, 4) is 11.1 Å². The van der Waals surface area contributed by atoms with Crippen LogP contribution in [0.2, 0.25) is 5.02 Å². The highest BCUT2D eigenvalue weighted by atomic mass is 35.5. The molecule has 0 aliphatic carbocycles. The van der Waals surface area contributed by atoms with Crippen molar-refractivity contribution < 1.29 is 13.2 Å². The van der Waals surface area contributed by atoms with Crippen LogP contribution in [0.3, 0.4) is 0 Å². The second-order valence-corrected chi connectivity index (χ2v) is 8.12. The number of alkyl halides is 3. The first-order valence-electron chi connectivity index (χ1n) is 10.1. The summed E-state index contributed by atoms with van der Waals surface area (Å²) in [4.78, 5) is 12.1. The molecule has 4 heterocycles. The molecule has 8 heteroatoms. The first-order chi connectivity index (χ1) is 15.4. The number of halogens is 4. The highest BCUT2D eigenvalue weighted by Crippen LogP contribution is 2.35. The van der Waals surface area contributed by atoms with Crippen LogP contribution in [0.25, 0.3) is 34.3 Å². The molecule has 5 rings (SSSR count). The zero-order valence-electron chi connectivity index (χ0n) is 16.8. The Morgan fingerprint density at radius 1 is 0.969 bits per heavy atom. The lowest BCUT2D eigenvalue weighted by atomic mass is 10.0. The normalized spacial score (nSPS) is 14.2. The molecule has 32 heavy (non-hydrogen) atoms. The molecule has 3 aromatic heterocycles. The number of fused-ring (bicyclic) bond motifs is 2. The van der Waals surface area contributed by atoms with Gasteiger partial charge in [0.25, 0.3) is 0 Å². The van der Waals surface area contributed by atoms with Crippen molar-refractivity contribution in [3.63, 3.8) is 0 Å². The maximum atomic E-state index is 13.4. The van der Waals surface area contributed by atoms with E-state index >= 15 is 0 Å². The molecule has 1 aliphatic heterocycles. The van der Waals surface area contributed by atoms with Crippen molar-refractivity contribution in [2.75, 3.05) is 6.54 Å². The Labute approximate surface area is 187 Å². The Balaban J connectivity index is 1.52. The summed E-state index contributed by atoms with van der Waals surface area (Å²) in [6.07, 6.45) is 4.86. The summed E-state index contributed by atoms with van der Waals surface area (Å²) in [5.41, 5.74) is 4.81. The van der Waals surface area contributed by atoms with E-state index in [4.69, 9.17) is 11.6 Å². The van der Waals surface area contributed by atoms with Gasteiger partial charge in [-0.1, -0.05) is 23.8 Å². The van der Waals surface area contributed by atoms with Crippen LogP contribution in [0.15, 0.2) is 48.9 Å². The molecule has 0 amide bonds. The summed E-state index contributed by atoms with van der Waals surface area (Å²) in [5.74, 6) is 0. The Kier molecular flexibility index (Phi) is 5.23. The van der Waals surface area contributed by atoms with E-state index in [1.165, 1.54) is 23.8 Å². The van der Waals surface area contributed by atoms with Gasteiger partial charge in [-0.15, -0.1) is 0 Å². The van der Waals surface area contributed by atoms with Gasteiger partial charge in [-0.25, -0.2) is 4.98 Å². The average molecular weight is 455 g/mol. The van der Waals surface area contributed by atoms with Crippen LogP contribution in [-0.4, -0.2) is 21.5 Å². The SMILES string of the molecule is FC(F)(F)c1ccc(Cl)cc1/C=C/c1c[nH]c2ncc(-c3cnc4c(c3)CCNC4)cc12. The fourth-order valence-corrected chi connectivity index (χ4v) is 4.11. The molecule has 1 aliphatic rings. The fourth-order valence-electron chi connectivity index (χ4n) is 3.93. The Morgan fingerprint density at radius 3 is 2.59 bits per heavy atom. The maximum absolute atomic E-state index is 13.4. The Morgan fingerprint density at radius 2 is 1.75 bits per heavy atom. The van der Waals surface area contributed by atoms with Gasteiger partial charge >= 0.3 is 6.18 Å². The lowest BCUT2D eigenvalue weighted by molar-refractivity contribution is -0.137. The van der Waals surface area contributed by atoms with E-state index in [2.05, 4.69) is 26.3 Å². The quantitative estimate of drug-likeness (QED) is 0.392. The van der Waals surface area contributed by atoms with E-state index in [1.54, 1.807) is 18.5 Å². The summed E-state index contributed by atoms with van der Waals surface area (Å²) >= 11 is 5.93. The molecule has 0 bridgehead atoms. The first-order valence-corrected chi connectivity index (χ1v) is 10.5. The van der Waals surface area contributed by atoms with Crippen molar-refractivity contribution >= 4 is 34.8 Å². The fraction of sp³-hybridized carbons (Fsp3) is 0.167. The van der Waals surface area contributed by atoms with Crippen LogP contribution < -0.4 is 5.32 Å². The van der Waals surface area contributed by atoms with Crippen LogP contribution in [0.4, 0.5) is 13.2 Å².